The lowest BCUT2D eigenvalue weighted by Crippen LogP contribution is -2.47. The Morgan fingerprint density at radius 1 is 1.28 bits per heavy atom. The van der Waals surface area contributed by atoms with Gasteiger partial charge < -0.3 is 10.2 Å². The van der Waals surface area contributed by atoms with E-state index in [-0.39, 0.29) is 0 Å². The van der Waals surface area contributed by atoms with Gasteiger partial charge in [-0.2, -0.15) is 0 Å². The Hall–Kier alpha value is -0.0800. The highest BCUT2D eigenvalue weighted by molar-refractivity contribution is 4.89. The third-order valence-electron chi connectivity index (χ3n) is 5.01. The molecule has 1 aliphatic rings. The van der Waals surface area contributed by atoms with Crippen LogP contribution in [0.15, 0.2) is 0 Å². The van der Waals surface area contributed by atoms with E-state index in [9.17, 15) is 0 Å². The molecule has 1 saturated carbocycles. The first-order valence-electron chi connectivity index (χ1n) is 7.94. The summed E-state index contributed by atoms with van der Waals surface area (Å²) in [5.41, 5.74) is 0.528. The van der Waals surface area contributed by atoms with Gasteiger partial charge in [0, 0.05) is 19.1 Å². The second-order valence-electron chi connectivity index (χ2n) is 6.64. The molecule has 1 rings (SSSR count). The average molecular weight is 254 g/mol. The second-order valence-corrected chi connectivity index (χ2v) is 6.64. The van der Waals surface area contributed by atoms with E-state index in [0.717, 1.165) is 12.5 Å². The number of nitrogens with one attached hydrogen (secondary N) is 1. The van der Waals surface area contributed by atoms with Crippen LogP contribution in [0.3, 0.4) is 0 Å². The zero-order valence-corrected chi connectivity index (χ0v) is 13.3. The third-order valence-corrected chi connectivity index (χ3v) is 5.01. The summed E-state index contributed by atoms with van der Waals surface area (Å²) in [7, 11) is 2.31. The van der Waals surface area contributed by atoms with E-state index in [0.29, 0.717) is 11.5 Å². The van der Waals surface area contributed by atoms with E-state index in [1.165, 1.54) is 45.2 Å². The number of hydrogen-bond acceptors (Lipinski definition) is 2. The summed E-state index contributed by atoms with van der Waals surface area (Å²) in [5.74, 6) is 0.939. The predicted molar refractivity (Wildman–Crippen MR) is 81.0 cm³/mol. The van der Waals surface area contributed by atoms with Crippen molar-refractivity contribution in [1.82, 2.24) is 10.2 Å². The van der Waals surface area contributed by atoms with Crippen molar-refractivity contribution in [3.8, 4) is 0 Å². The normalized spacial score (nSPS) is 30.7. The van der Waals surface area contributed by atoms with Crippen LogP contribution in [0.1, 0.15) is 59.8 Å². The number of hydrogen-bond donors (Lipinski definition) is 1. The van der Waals surface area contributed by atoms with Gasteiger partial charge in [-0.15, -0.1) is 0 Å². The maximum absolute atomic E-state index is 3.61. The molecule has 2 nitrogen and oxygen atoms in total. The smallest absolute Gasteiger partial charge is 0.00614 e. The Morgan fingerprint density at radius 2 is 1.89 bits per heavy atom. The van der Waals surface area contributed by atoms with E-state index in [4.69, 9.17) is 0 Å². The molecule has 0 aromatic rings. The van der Waals surface area contributed by atoms with Crippen molar-refractivity contribution in [3.05, 3.63) is 0 Å². The topological polar surface area (TPSA) is 15.3 Å². The summed E-state index contributed by atoms with van der Waals surface area (Å²) < 4.78 is 0. The molecule has 1 N–H and O–H groups in total. The average Bonchev–Trinajstić information content (AvgIpc) is 2.38. The Balaban J connectivity index is 2.60. The highest BCUT2D eigenvalue weighted by atomic mass is 15.1. The van der Waals surface area contributed by atoms with E-state index < -0.39 is 0 Å². The molecule has 0 bridgehead atoms. The van der Waals surface area contributed by atoms with Crippen LogP contribution in [0.25, 0.3) is 0 Å². The molecule has 1 fully saturated rings. The molecule has 108 valence electrons. The minimum atomic E-state index is 0.528. The van der Waals surface area contributed by atoms with Crippen molar-refractivity contribution in [2.24, 2.45) is 11.3 Å². The van der Waals surface area contributed by atoms with Crippen LogP contribution < -0.4 is 5.32 Å². The van der Waals surface area contributed by atoms with Gasteiger partial charge in [0.05, 0.1) is 0 Å². The minimum absolute atomic E-state index is 0.528. The maximum atomic E-state index is 3.61. The Kier molecular flexibility index (Phi) is 6.65. The molecule has 0 aliphatic heterocycles. The van der Waals surface area contributed by atoms with Gasteiger partial charge in [-0.3, -0.25) is 0 Å². The highest BCUT2D eigenvalue weighted by Gasteiger charge is 2.35. The van der Waals surface area contributed by atoms with Crippen LogP contribution in [-0.4, -0.2) is 37.6 Å². The van der Waals surface area contributed by atoms with Crippen molar-refractivity contribution >= 4 is 0 Å². The third kappa shape index (κ3) is 4.55. The summed E-state index contributed by atoms with van der Waals surface area (Å²) >= 11 is 0. The molecule has 2 heteroatoms. The highest BCUT2D eigenvalue weighted by Crippen LogP contribution is 2.39. The molecule has 1 atom stereocenters. The molecule has 0 aromatic heterocycles. The molecule has 18 heavy (non-hydrogen) atoms. The number of nitrogens with zero attached hydrogens (tertiary/aromatic N) is 1. The van der Waals surface area contributed by atoms with Crippen molar-refractivity contribution in [1.29, 1.82) is 0 Å². The molecular weight excluding hydrogens is 220 g/mol. The zero-order valence-electron chi connectivity index (χ0n) is 13.3. The van der Waals surface area contributed by atoms with Crippen molar-refractivity contribution in [2.45, 2.75) is 65.8 Å². The van der Waals surface area contributed by atoms with Crippen molar-refractivity contribution in [2.75, 3.05) is 26.7 Å². The molecular formula is C16H34N2. The molecule has 0 heterocycles. The van der Waals surface area contributed by atoms with Crippen LogP contribution in [0.5, 0.6) is 0 Å². The van der Waals surface area contributed by atoms with E-state index in [2.05, 4.69) is 45.0 Å². The first kappa shape index (κ1) is 16.0. The first-order valence-corrected chi connectivity index (χ1v) is 7.94. The van der Waals surface area contributed by atoms with Gasteiger partial charge in [0.1, 0.15) is 0 Å². The van der Waals surface area contributed by atoms with Crippen LogP contribution >= 0.6 is 0 Å². The second kappa shape index (κ2) is 7.49. The van der Waals surface area contributed by atoms with Gasteiger partial charge in [0.25, 0.3) is 0 Å². The predicted octanol–water partition coefficient (Wildman–Crippen LogP) is 3.52. The quantitative estimate of drug-likeness (QED) is 0.748. The lowest BCUT2D eigenvalue weighted by atomic mass is 9.70. The molecule has 1 aliphatic carbocycles. The standard InChI is InChI=1S/C16H34N2/c1-6-15(4)18(5)13-16(12-17-7-2)10-8-14(3)9-11-16/h14-15,17H,6-13H2,1-5H3. The lowest BCUT2D eigenvalue weighted by Gasteiger charge is -2.43. The molecule has 0 radical (unpaired) electrons. The molecule has 0 spiro atoms. The monoisotopic (exact) mass is 254 g/mol. The molecule has 1 unspecified atom stereocenters. The van der Waals surface area contributed by atoms with Gasteiger partial charge in [0.15, 0.2) is 0 Å². The maximum Gasteiger partial charge on any atom is 0.00614 e. The van der Waals surface area contributed by atoms with Crippen molar-refractivity contribution in [3.63, 3.8) is 0 Å². The van der Waals surface area contributed by atoms with Crippen molar-refractivity contribution < 1.29 is 0 Å². The van der Waals surface area contributed by atoms with E-state index in [1.807, 2.05) is 0 Å². The summed E-state index contributed by atoms with van der Waals surface area (Å²) in [5, 5.41) is 3.61. The van der Waals surface area contributed by atoms with Gasteiger partial charge >= 0.3 is 0 Å². The van der Waals surface area contributed by atoms with Gasteiger partial charge in [0.2, 0.25) is 0 Å². The molecule has 0 amide bonds. The summed E-state index contributed by atoms with van der Waals surface area (Å²) in [6.07, 6.45) is 6.90. The van der Waals surface area contributed by atoms with E-state index in [1.54, 1.807) is 0 Å². The van der Waals surface area contributed by atoms with Crippen LogP contribution in [-0.2, 0) is 0 Å². The fourth-order valence-corrected chi connectivity index (χ4v) is 3.15. The van der Waals surface area contributed by atoms with E-state index >= 15 is 0 Å². The van der Waals surface area contributed by atoms with Crippen LogP contribution in [0.4, 0.5) is 0 Å². The zero-order chi connectivity index (χ0) is 13.6. The summed E-state index contributed by atoms with van der Waals surface area (Å²) in [6.45, 7) is 12.9. The van der Waals surface area contributed by atoms with Crippen LogP contribution in [0.2, 0.25) is 0 Å². The fourth-order valence-electron chi connectivity index (χ4n) is 3.15. The van der Waals surface area contributed by atoms with Gasteiger partial charge in [-0.1, -0.05) is 33.6 Å². The minimum Gasteiger partial charge on any atom is -0.316 e. The van der Waals surface area contributed by atoms with Gasteiger partial charge in [-0.25, -0.2) is 0 Å². The summed E-state index contributed by atoms with van der Waals surface area (Å²) in [4.78, 5) is 2.58. The summed E-state index contributed by atoms with van der Waals surface area (Å²) in [6, 6.07) is 0.711. The SMILES string of the molecule is CCNCC1(CN(C)C(C)CC)CCC(C)CC1. The van der Waals surface area contributed by atoms with Crippen LogP contribution in [0, 0.1) is 11.3 Å². The molecule has 0 saturated heterocycles. The fraction of sp³-hybridized carbons (Fsp3) is 1.00. The Morgan fingerprint density at radius 3 is 2.39 bits per heavy atom. The Labute approximate surface area is 115 Å². The van der Waals surface area contributed by atoms with Gasteiger partial charge in [-0.05, 0) is 51.1 Å². The Bertz CT molecular complexity index is 214. The lowest BCUT2D eigenvalue weighted by molar-refractivity contribution is 0.0816. The molecule has 0 aromatic carbocycles. The number of rotatable bonds is 7. The first-order chi connectivity index (χ1) is 8.53. The largest absolute Gasteiger partial charge is 0.316 e.